The predicted molar refractivity (Wildman–Crippen MR) is 98.4 cm³/mol. The predicted octanol–water partition coefficient (Wildman–Crippen LogP) is 4.49. The van der Waals surface area contributed by atoms with Gasteiger partial charge in [0.25, 0.3) is 0 Å². The Labute approximate surface area is 152 Å². The van der Waals surface area contributed by atoms with Crippen LogP contribution in [0.2, 0.25) is 10.0 Å². The number of benzene rings is 2. The van der Waals surface area contributed by atoms with Gasteiger partial charge >= 0.3 is 0 Å². The van der Waals surface area contributed by atoms with Crippen molar-refractivity contribution >= 4 is 33.2 Å². The number of hydrogen-bond donors (Lipinski definition) is 1. The molecule has 130 valence electrons. The molecule has 2 rings (SSSR count). The van der Waals surface area contributed by atoms with E-state index in [4.69, 9.17) is 27.9 Å². The van der Waals surface area contributed by atoms with Crippen molar-refractivity contribution in [2.75, 3.05) is 7.11 Å². The van der Waals surface area contributed by atoms with Crippen LogP contribution in [-0.2, 0) is 15.8 Å². The van der Waals surface area contributed by atoms with Crippen LogP contribution in [0.25, 0.3) is 0 Å². The Balaban J connectivity index is 2.19. The molecule has 24 heavy (non-hydrogen) atoms. The first-order valence-corrected chi connectivity index (χ1v) is 9.71. The second kappa shape index (κ2) is 7.74. The highest BCUT2D eigenvalue weighted by Gasteiger charge is 2.19. The van der Waals surface area contributed by atoms with Crippen molar-refractivity contribution in [3.05, 3.63) is 63.1 Å². The van der Waals surface area contributed by atoms with Crippen LogP contribution in [0.1, 0.15) is 29.7 Å². The topological polar surface area (TPSA) is 55.4 Å². The molecule has 0 aliphatic carbocycles. The van der Waals surface area contributed by atoms with E-state index in [-0.39, 0.29) is 5.75 Å². The summed E-state index contributed by atoms with van der Waals surface area (Å²) in [5, 5.41) is 0.724. The highest BCUT2D eigenvalue weighted by molar-refractivity contribution is 7.88. The van der Waals surface area contributed by atoms with Gasteiger partial charge in [-0.1, -0.05) is 47.0 Å². The molecule has 0 saturated carbocycles. The average Bonchev–Trinajstić information content (AvgIpc) is 2.50. The first-order chi connectivity index (χ1) is 11.2. The first kappa shape index (κ1) is 19.1. The highest BCUT2D eigenvalue weighted by Crippen LogP contribution is 2.27. The van der Waals surface area contributed by atoms with Gasteiger partial charge in [0.1, 0.15) is 5.75 Å². The van der Waals surface area contributed by atoms with Gasteiger partial charge in [-0.05, 0) is 37.6 Å². The molecule has 1 N–H and O–H groups in total. The lowest BCUT2D eigenvalue weighted by Gasteiger charge is -2.18. The maximum atomic E-state index is 12.4. The quantitative estimate of drug-likeness (QED) is 0.793. The number of sulfonamides is 1. The van der Waals surface area contributed by atoms with Crippen molar-refractivity contribution < 1.29 is 13.2 Å². The molecule has 0 heterocycles. The normalized spacial score (nSPS) is 12.9. The van der Waals surface area contributed by atoms with E-state index in [1.807, 2.05) is 25.1 Å². The molecule has 0 spiro atoms. The number of methoxy groups -OCH3 is 1. The van der Waals surface area contributed by atoms with Gasteiger partial charge in [0, 0.05) is 11.6 Å². The fraction of sp³-hybridized carbons (Fsp3) is 0.294. The van der Waals surface area contributed by atoms with E-state index in [0.29, 0.717) is 21.4 Å². The monoisotopic (exact) mass is 387 g/mol. The summed E-state index contributed by atoms with van der Waals surface area (Å²) >= 11 is 11.8. The molecular weight excluding hydrogens is 369 g/mol. The van der Waals surface area contributed by atoms with Crippen LogP contribution < -0.4 is 9.46 Å². The minimum absolute atomic E-state index is 0.178. The molecule has 0 amide bonds. The Morgan fingerprint density at radius 1 is 1.12 bits per heavy atom. The van der Waals surface area contributed by atoms with Crippen LogP contribution in [0.5, 0.6) is 5.75 Å². The first-order valence-electron chi connectivity index (χ1n) is 7.30. The Bertz CT molecular complexity index is 838. The zero-order chi connectivity index (χ0) is 17.9. The summed E-state index contributed by atoms with van der Waals surface area (Å²) in [7, 11) is -2.00. The number of rotatable bonds is 6. The van der Waals surface area contributed by atoms with Gasteiger partial charge in [-0.2, -0.15) is 0 Å². The molecule has 0 bridgehead atoms. The third-order valence-electron chi connectivity index (χ3n) is 3.55. The Morgan fingerprint density at radius 3 is 2.46 bits per heavy atom. The van der Waals surface area contributed by atoms with Gasteiger partial charge in [-0.3, -0.25) is 0 Å². The molecule has 4 nitrogen and oxygen atoms in total. The minimum Gasteiger partial charge on any atom is -0.496 e. The fourth-order valence-corrected chi connectivity index (χ4v) is 4.10. The molecule has 1 unspecified atom stereocenters. The van der Waals surface area contributed by atoms with E-state index in [1.165, 1.54) is 0 Å². The highest BCUT2D eigenvalue weighted by atomic mass is 35.5. The largest absolute Gasteiger partial charge is 0.496 e. The smallest absolute Gasteiger partial charge is 0.216 e. The van der Waals surface area contributed by atoms with Crippen LogP contribution in [0.3, 0.4) is 0 Å². The van der Waals surface area contributed by atoms with E-state index < -0.39 is 16.1 Å². The molecule has 2 aromatic carbocycles. The van der Waals surface area contributed by atoms with Crippen LogP contribution in [0.15, 0.2) is 36.4 Å². The van der Waals surface area contributed by atoms with Crippen LogP contribution in [-0.4, -0.2) is 15.5 Å². The zero-order valence-corrected chi connectivity index (χ0v) is 16.0. The molecule has 0 aliphatic rings. The number of halogens is 2. The third kappa shape index (κ3) is 4.86. The molecular formula is C17H19Cl2NO3S. The molecule has 0 saturated heterocycles. The lowest BCUT2D eigenvalue weighted by atomic mass is 10.1. The number of hydrogen-bond acceptors (Lipinski definition) is 3. The van der Waals surface area contributed by atoms with Crippen molar-refractivity contribution in [3.8, 4) is 5.75 Å². The zero-order valence-electron chi connectivity index (χ0n) is 13.6. The summed E-state index contributed by atoms with van der Waals surface area (Å²) in [4.78, 5) is 0. The van der Waals surface area contributed by atoms with Gasteiger partial charge in [0.15, 0.2) is 0 Å². The summed E-state index contributed by atoms with van der Waals surface area (Å²) in [6.45, 7) is 3.73. The second-order valence-corrected chi connectivity index (χ2v) is 8.16. The van der Waals surface area contributed by atoms with Crippen LogP contribution >= 0.6 is 23.2 Å². The number of ether oxygens (including phenoxy) is 1. The molecule has 7 heteroatoms. The molecule has 0 radical (unpaired) electrons. The Morgan fingerprint density at radius 2 is 1.83 bits per heavy atom. The van der Waals surface area contributed by atoms with E-state index in [9.17, 15) is 8.42 Å². The maximum Gasteiger partial charge on any atom is 0.216 e. The second-order valence-electron chi connectivity index (χ2n) is 5.59. The number of aryl methyl sites for hydroxylation is 1. The molecule has 0 aromatic heterocycles. The van der Waals surface area contributed by atoms with Gasteiger partial charge < -0.3 is 4.74 Å². The number of nitrogens with one attached hydrogen (secondary N) is 1. The molecule has 2 aromatic rings. The van der Waals surface area contributed by atoms with E-state index in [1.54, 1.807) is 32.2 Å². The van der Waals surface area contributed by atoms with Crippen molar-refractivity contribution in [2.45, 2.75) is 25.6 Å². The Kier molecular flexibility index (Phi) is 6.15. The van der Waals surface area contributed by atoms with Crippen molar-refractivity contribution in [2.24, 2.45) is 0 Å². The van der Waals surface area contributed by atoms with Crippen molar-refractivity contribution in [1.29, 1.82) is 0 Å². The standard InChI is InChI=1S/C17H19Cl2NO3S/c1-11-4-7-17(23-3)14(8-11)12(2)20-24(21,22)10-13-5-6-15(18)16(19)9-13/h4-9,12,20H,10H2,1-3H3. The Hall–Kier alpha value is -1.27. The summed E-state index contributed by atoms with van der Waals surface area (Å²) in [5.41, 5.74) is 2.39. The minimum atomic E-state index is -3.56. The van der Waals surface area contributed by atoms with Crippen LogP contribution in [0.4, 0.5) is 0 Å². The summed E-state index contributed by atoms with van der Waals surface area (Å²) in [6, 6.07) is 10.0. The average molecular weight is 388 g/mol. The van der Waals surface area contributed by atoms with Gasteiger partial charge in [-0.15, -0.1) is 0 Å². The molecule has 0 aliphatic heterocycles. The summed E-state index contributed by atoms with van der Waals surface area (Å²) in [6.07, 6.45) is 0. The van der Waals surface area contributed by atoms with Gasteiger partial charge in [0.05, 0.1) is 22.9 Å². The molecule has 1 atom stereocenters. The summed E-state index contributed by atoms with van der Waals surface area (Å²) < 4.78 is 32.9. The third-order valence-corrected chi connectivity index (χ3v) is 5.71. The lowest BCUT2D eigenvalue weighted by molar-refractivity contribution is 0.405. The maximum absolute atomic E-state index is 12.4. The van der Waals surface area contributed by atoms with E-state index in [0.717, 1.165) is 11.1 Å². The SMILES string of the molecule is COc1ccc(C)cc1C(C)NS(=O)(=O)Cc1ccc(Cl)c(Cl)c1. The molecule has 0 fully saturated rings. The van der Waals surface area contributed by atoms with Crippen LogP contribution in [0, 0.1) is 6.92 Å². The fourth-order valence-electron chi connectivity index (χ4n) is 2.42. The summed E-state index contributed by atoms with van der Waals surface area (Å²) in [5.74, 6) is 0.466. The van der Waals surface area contributed by atoms with Gasteiger partial charge in [-0.25, -0.2) is 13.1 Å². The van der Waals surface area contributed by atoms with E-state index in [2.05, 4.69) is 4.72 Å². The van der Waals surface area contributed by atoms with Crippen molar-refractivity contribution in [1.82, 2.24) is 4.72 Å². The lowest BCUT2D eigenvalue weighted by Crippen LogP contribution is -2.28. The van der Waals surface area contributed by atoms with Gasteiger partial charge in [0.2, 0.25) is 10.0 Å². The van der Waals surface area contributed by atoms with Crippen molar-refractivity contribution in [3.63, 3.8) is 0 Å². The van der Waals surface area contributed by atoms with E-state index >= 15 is 0 Å².